The van der Waals surface area contributed by atoms with Gasteiger partial charge in [-0.1, -0.05) is 18.2 Å². The number of aromatic nitrogens is 2. The molecule has 0 N–H and O–H groups in total. The van der Waals surface area contributed by atoms with Gasteiger partial charge in [0.1, 0.15) is 5.82 Å². The average Bonchev–Trinajstić information content (AvgIpc) is 3.16. The molecule has 1 aromatic heterocycles. The van der Waals surface area contributed by atoms with Crippen LogP contribution in [-0.2, 0) is 10.0 Å². The number of hydrogen-bond donors (Lipinski definition) is 0. The second-order valence-electron chi connectivity index (χ2n) is 7.07. The predicted octanol–water partition coefficient (Wildman–Crippen LogP) is 2.47. The van der Waals surface area contributed by atoms with E-state index < -0.39 is 15.8 Å². The van der Waals surface area contributed by atoms with Crippen LogP contribution >= 0.6 is 0 Å². The van der Waals surface area contributed by atoms with Crippen molar-refractivity contribution in [1.82, 2.24) is 19.0 Å². The first-order chi connectivity index (χ1) is 14.4. The van der Waals surface area contributed by atoms with Gasteiger partial charge in [-0.15, -0.1) is 0 Å². The smallest absolute Gasteiger partial charge is 0.274 e. The van der Waals surface area contributed by atoms with E-state index in [0.717, 1.165) is 23.5 Å². The molecule has 0 atom stereocenters. The summed E-state index contributed by atoms with van der Waals surface area (Å²) in [6.45, 7) is 2.74. The maximum atomic E-state index is 13.1. The maximum absolute atomic E-state index is 13.1. The summed E-state index contributed by atoms with van der Waals surface area (Å²) in [4.78, 5) is 14.5. The number of halogens is 1. The lowest BCUT2D eigenvalue weighted by Gasteiger charge is -2.33. The van der Waals surface area contributed by atoms with E-state index >= 15 is 0 Å². The van der Waals surface area contributed by atoms with Crippen LogP contribution in [0, 0.1) is 12.7 Å². The first-order valence-corrected chi connectivity index (χ1v) is 11.0. The van der Waals surface area contributed by atoms with Crippen molar-refractivity contribution in [2.45, 2.75) is 11.8 Å². The van der Waals surface area contributed by atoms with Crippen molar-refractivity contribution in [3.05, 3.63) is 77.9 Å². The Kier molecular flexibility index (Phi) is 5.40. The van der Waals surface area contributed by atoms with Crippen LogP contribution in [0.15, 0.2) is 65.6 Å². The molecule has 0 radical (unpaired) electrons. The van der Waals surface area contributed by atoms with Crippen molar-refractivity contribution < 1.29 is 17.6 Å². The molecule has 4 rings (SSSR count). The van der Waals surface area contributed by atoms with Gasteiger partial charge in [0.2, 0.25) is 10.0 Å². The normalized spacial score (nSPS) is 15.3. The summed E-state index contributed by atoms with van der Waals surface area (Å²) < 4.78 is 41.6. The van der Waals surface area contributed by atoms with Crippen LogP contribution in [0.1, 0.15) is 16.2 Å². The molecule has 0 unspecified atom stereocenters. The molecule has 1 aliphatic rings. The van der Waals surface area contributed by atoms with Gasteiger partial charge in [0, 0.05) is 31.9 Å². The van der Waals surface area contributed by atoms with Crippen LogP contribution in [0.2, 0.25) is 0 Å². The van der Waals surface area contributed by atoms with Crippen LogP contribution in [0.3, 0.4) is 0 Å². The Bertz CT molecular complexity index is 1150. The summed E-state index contributed by atoms with van der Waals surface area (Å²) in [5.74, 6) is -0.721. The van der Waals surface area contributed by atoms with Gasteiger partial charge < -0.3 is 4.90 Å². The highest BCUT2D eigenvalue weighted by Crippen LogP contribution is 2.19. The van der Waals surface area contributed by atoms with Gasteiger partial charge in [-0.05, 0) is 49.4 Å². The second-order valence-corrected chi connectivity index (χ2v) is 9.01. The van der Waals surface area contributed by atoms with E-state index in [1.807, 2.05) is 37.3 Å². The highest BCUT2D eigenvalue weighted by molar-refractivity contribution is 7.89. The van der Waals surface area contributed by atoms with Gasteiger partial charge in [0.15, 0.2) is 5.69 Å². The Morgan fingerprint density at radius 3 is 2.23 bits per heavy atom. The SMILES string of the molecule is Cc1cc(C(=O)N2CCN(S(=O)(=O)c3ccc(F)cc3)CC2)nn1-c1ccccc1. The first-order valence-electron chi connectivity index (χ1n) is 9.53. The Labute approximate surface area is 174 Å². The minimum atomic E-state index is -3.72. The quantitative estimate of drug-likeness (QED) is 0.640. The monoisotopic (exact) mass is 428 g/mol. The second kappa shape index (κ2) is 8.00. The van der Waals surface area contributed by atoms with Crippen LogP contribution in [0.5, 0.6) is 0 Å². The molecule has 0 aliphatic carbocycles. The van der Waals surface area contributed by atoms with E-state index in [1.54, 1.807) is 15.6 Å². The van der Waals surface area contributed by atoms with Crippen LogP contribution in [0.4, 0.5) is 4.39 Å². The highest BCUT2D eigenvalue weighted by atomic mass is 32.2. The average molecular weight is 428 g/mol. The van der Waals surface area contributed by atoms with Crippen molar-refractivity contribution in [2.75, 3.05) is 26.2 Å². The molecule has 9 heteroatoms. The van der Waals surface area contributed by atoms with Gasteiger partial charge in [0.05, 0.1) is 10.6 Å². The van der Waals surface area contributed by atoms with E-state index in [0.29, 0.717) is 5.69 Å². The Balaban J connectivity index is 1.46. The molecule has 1 amide bonds. The van der Waals surface area contributed by atoms with Gasteiger partial charge in [0.25, 0.3) is 5.91 Å². The zero-order chi connectivity index (χ0) is 21.3. The molecule has 7 nitrogen and oxygen atoms in total. The molecule has 156 valence electrons. The molecule has 2 heterocycles. The van der Waals surface area contributed by atoms with Gasteiger partial charge in [-0.3, -0.25) is 4.79 Å². The predicted molar refractivity (Wildman–Crippen MR) is 109 cm³/mol. The Morgan fingerprint density at radius 2 is 1.60 bits per heavy atom. The van der Waals surface area contributed by atoms with Crippen molar-refractivity contribution in [1.29, 1.82) is 0 Å². The number of carbonyl (C=O) groups excluding carboxylic acids is 1. The number of aryl methyl sites for hydroxylation is 1. The molecule has 3 aromatic rings. The number of amides is 1. The zero-order valence-electron chi connectivity index (χ0n) is 16.4. The lowest BCUT2D eigenvalue weighted by atomic mass is 10.3. The summed E-state index contributed by atoms with van der Waals surface area (Å²) in [5, 5.41) is 4.44. The van der Waals surface area contributed by atoms with Crippen LogP contribution < -0.4 is 0 Å². The molecular weight excluding hydrogens is 407 g/mol. The molecule has 2 aromatic carbocycles. The van der Waals surface area contributed by atoms with E-state index in [4.69, 9.17) is 0 Å². The number of piperazine rings is 1. The van der Waals surface area contributed by atoms with Gasteiger partial charge >= 0.3 is 0 Å². The van der Waals surface area contributed by atoms with Crippen molar-refractivity contribution in [2.24, 2.45) is 0 Å². The summed E-state index contributed by atoms with van der Waals surface area (Å²) in [7, 11) is -3.72. The molecule has 1 fully saturated rings. The fraction of sp³-hybridized carbons (Fsp3) is 0.238. The number of para-hydroxylation sites is 1. The highest BCUT2D eigenvalue weighted by Gasteiger charge is 2.31. The fourth-order valence-electron chi connectivity index (χ4n) is 3.46. The number of benzene rings is 2. The standard InChI is InChI=1S/C21H21FN4O3S/c1-16-15-20(23-26(16)18-5-3-2-4-6-18)21(27)24-11-13-25(14-12-24)30(28,29)19-9-7-17(22)8-10-19/h2-10,15H,11-14H2,1H3. The Morgan fingerprint density at radius 1 is 0.967 bits per heavy atom. The summed E-state index contributed by atoms with van der Waals surface area (Å²) in [6.07, 6.45) is 0. The molecular formula is C21H21FN4O3S. The molecule has 1 aliphatic heterocycles. The molecule has 1 saturated heterocycles. The van der Waals surface area contributed by atoms with E-state index in [-0.39, 0.29) is 37.0 Å². The van der Waals surface area contributed by atoms with Gasteiger partial charge in [-0.25, -0.2) is 17.5 Å². The van der Waals surface area contributed by atoms with Crippen LogP contribution in [0.25, 0.3) is 5.69 Å². The third-order valence-corrected chi connectivity index (χ3v) is 7.00. The molecule has 0 saturated carbocycles. The lowest BCUT2D eigenvalue weighted by Crippen LogP contribution is -2.50. The number of sulfonamides is 1. The molecule has 0 bridgehead atoms. The third-order valence-electron chi connectivity index (χ3n) is 5.08. The number of rotatable bonds is 4. The molecule has 30 heavy (non-hydrogen) atoms. The number of nitrogens with zero attached hydrogens (tertiary/aromatic N) is 4. The van der Waals surface area contributed by atoms with E-state index in [1.165, 1.54) is 16.4 Å². The minimum absolute atomic E-state index is 0.0425. The first kappa shape index (κ1) is 20.2. The summed E-state index contributed by atoms with van der Waals surface area (Å²) in [5.41, 5.74) is 2.03. The molecule has 0 spiro atoms. The minimum Gasteiger partial charge on any atom is -0.335 e. The maximum Gasteiger partial charge on any atom is 0.274 e. The Hall–Kier alpha value is -3.04. The largest absolute Gasteiger partial charge is 0.335 e. The van der Waals surface area contributed by atoms with E-state index in [2.05, 4.69) is 5.10 Å². The lowest BCUT2D eigenvalue weighted by molar-refractivity contribution is 0.0691. The van der Waals surface area contributed by atoms with Crippen molar-refractivity contribution >= 4 is 15.9 Å². The third kappa shape index (κ3) is 3.86. The van der Waals surface area contributed by atoms with Crippen molar-refractivity contribution in [3.8, 4) is 5.69 Å². The zero-order valence-corrected chi connectivity index (χ0v) is 17.2. The number of carbonyl (C=O) groups is 1. The fourth-order valence-corrected chi connectivity index (χ4v) is 4.88. The van der Waals surface area contributed by atoms with E-state index in [9.17, 15) is 17.6 Å². The topological polar surface area (TPSA) is 75.5 Å². The van der Waals surface area contributed by atoms with Gasteiger partial charge in [-0.2, -0.15) is 9.40 Å². The van der Waals surface area contributed by atoms with Crippen molar-refractivity contribution in [3.63, 3.8) is 0 Å². The van der Waals surface area contributed by atoms with Crippen LogP contribution in [-0.4, -0.2) is 59.5 Å². The number of hydrogen-bond acceptors (Lipinski definition) is 4. The summed E-state index contributed by atoms with van der Waals surface area (Å²) >= 11 is 0. The summed E-state index contributed by atoms with van der Waals surface area (Å²) in [6, 6.07) is 16.0.